The molecule has 128 valence electrons. The van der Waals surface area contributed by atoms with Gasteiger partial charge in [0.15, 0.2) is 5.69 Å². The van der Waals surface area contributed by atoms with E-state index < -0.39 is 5.60 Å². The summed E-state index contributed by atoms with van der Waals surface area (Å²) >= 11 is 0. The number of benzene rings is 2. The number of rotatable bonds is 5. The molecule has 1 atom stereocenters. The fraction of sp³-hybridized carbons (Fsp3) is 0.211. The number of carbonyl (C=O) groups excluding carboxylic acids is 1. The summed E-state index contributed by atoms with van der Waals surface area (Å²) in [6.45, 7) is 3.74. The minimum atomic E-state index is -1.16. The topological polar surface area (TPSA) is 80.0 Å². The zero-order valence-corrected chi connectivity index (χ0v) is 14.2. The smallest absolute Gasteiger partial charge is 0.273 e. The van der Waals surface area contributed by atoms with Crippen LogP contribution in [-0.2, 0) is 5.60 Å². The molecule has 0 aliphatic heterocycles. The summed E-state index contributed by atoms with van der Waals surface area (Å²) < 4.78 is 1.55. The van der Waals surface area contributed by atoms with Crippen molar-refractivity contribution >= 4 is 5.91 Å². The van der Waals surface area contributed by atoms with Crippen LogP contribution in [0.4, 0.5) is 0 Å². The average molecular weight is 336 g/mol. The number of aryl methyl sites for hydroxylation is 1. The van der Waals surface area contributed by atoms with Crippen LogP contribution in [0.3, 0.4) is 0 Å². The molecule has 0 fully saturated rings. The van der Waals surface area contributed by atoms with Crippen molar-refractivity contribution in [3.63, 3.8) is 0 Å². The van der Waals surface area contributed by atoms with Gasteiger partial charge in [0, 0.05) is 0 Å². The fourth-order valence-corrected chi connectivity index (χ4v) is 2.43. The lowest BCUT2D eigenvalue weighted by atomic mass is 9.96. The molecule has 0 spiro atoms. The Morgan fingerprint density at radius 1 is 1.16 bits per heavy atom. The standard InChI is InChI=1S/C19H20N4O2/c1-14-8-10-16(11-9-14)23-12-17(21-22-23)18(24)20-13-19(2,25)15-6-4-3-5-7-15/h3-12,25H,13H2,1-2H3,(H,20,24). The predicted octanol–water partition coefficient (Wildman–Crippen LogP) is 2.21. The highest BCUT2D eigenvalue weighted by atomic mass is 16.3. The zero-order valence-electron chi connectivity index (χ0n) is 14.2. The van der Waals surface area contributed by atoms with E-state index in [9.17, 15) is 9.90 Å². The van der Waals surface area contributed by atoms with Gasteiger partial charge in [0.05, 0.1) is 18.4 Å². The Labute approximate surface area is 146 Å². The molecule has 0 saturated heterocycles. The molecule has 3 rings (SSSR count). The molecular weight excluding hydrogens is 316 g/mol. The summed E-state index contributed by atoms with van der Waals surface area (Å²) in [6.07, 6.45) is 1.57. The summed E-state index contributed by atoms with van der Waals surface area (Å²) in [5.74, 6) is -0.380. The van der Waals surface area contributed by atoms with Gasteiger partial charge in [-0.25, -0.2) is 4.68 Å². The largest absolute Gasteiger partial charge is 0.384 e. The molecule has 25 heavy (non-hydrogen) atoms. The second-order valence-electron chi connectivity index (χ2n) is 6.21. The summed E-state index contributed by atoms with van der Waals surface area (Å²) in [5.41, 5.74) is 1.74. The lowest BCUT2D eigenvalue weighted by Gasteiger charge is -2.23. The van der Waals surface area contributed by atoms with Crippen LogP contribution in [0.25, 0.3) is 5.69 Å². The minimum absolute atomic E-state index is 0.0766. The van der Waals surface area contributed by atoms with Gasteiger partial charge in [-0.05, 0) is 31.5 Å². The highest BCUT2D eigenvalue weighted by Gasteiger charge is 2.24. The second-order valence-corrected chi connectivity index (χ2v) is 6.21. The Hall–Kier alpha value is -2.99. The van der Waals surface area contributed by atoms with Gasteiger partial charge < -0.3 is 10.4 Å². The van der Waals surface area contributed by atoms with E-state index >= 15 is 0 Å². The molecule has 0 aliphatic carbocycles. The number of aliphatic hydroxyl groups is 1. The number of hydrogen-bond donors (Lipinski definition) is 2. The number of nitrogens with zero attached hydrogens (tertiary/aromatic N) is 3. The van der Waals surface area contributed by atoms with E-state index in [-0.39, 0.29) is 18.1 Å². The highest BCUT2D eigenvalue weighted by Crippen LogP contribution is 2.19. The first kappa shape index (κ1) is 16.9. The highest BCUT2D eigenvalue weighted by molar-refractivity contribution is 5.92. The molecule has 6 nitrogen and oxygen atoms in total. The van der Waals surface area contributed by atoms with Gasteiger partial charge in [-0.3, -0.25) is 4.79 Å². The molecule has 0 aliphatic rings. The number of nitrogens with one attached hydrogen (secondary N) is 1. The van der Waals surface area contributed by atoms with Gasteiger partial charge in [0.25, 0.3) is 5.91 Å². The van der Waals surface area contributed by atoms with E-state index in [1.807, 2.05) is 61.5 Å². The van der Waals surface area contributed by atoms with E-state index in [0.29, 0.717) is 0 Å². The molecule has 2 aromatic carbocycles. The molecule has 3 aromatic rings. The predicted molar refractivity (Wildman–Crippen MR) is 94.4 cm³/mol. The van der Waals surface area contributed by atoms with Crippen LogP contribution in [0.1, 0.15) is 28.5 Å². The molecular formula is C19H20N4O2. The molecule has 1 unspecified atom stereocenters. The van der Waals surface area contributed by atoms with Crippen molar-refractivity contribution in [3.05, 3.63) is 77.6 Å². The number of amides is 1. The molecule has 1 amide bonds. The molecule has 6 heteroatoms. The van der Waals surface area contributed by atoms with Crippen molar-refractivity contribution in [1.82, 2.24) is 20.3 Å². The third-order valence-corrected chi connectivity index (χ3v) is 4.01. The Bertz CT molecular complexity index is 855. The first-order chi connectivity index (χ1) is 12.0. The van der Waals surface area contributed by atoms with Crippen molar-refractivity contribution in [2.45, 2.75) is 19.4 Å². The van der Waals surface area contributed by atoms with Crippen molar-refractivity contribution in [2.24, 2.45) is 0 Å². The molecule has 1 aromatic heterocycles. The minimum Gasteiger partial charge on any atom is -0.384 e. The van der Waals surface area contributed by atoms with Gasteiger partial charge in [0.1, 0.15) is 5.60 Å². The number of aromatic nitrogens is 3. The van der Waals surface area contributed by atoms with Crippen LogP contribution in [-0.4, -0.2) is 32.6 Å². The van der Waals surface area contributed by atoms with Crippen LogP contribution < -0.4 is 5.32 Å². The van der Waals surface area contributed by atoms with E-state index in [4.69, 9.17) is 0 Å². The van der Waals surface area contributed by atoms with E-state index in [1.165, 1.54) is 0 Å². The number of hydrogen-bond acceptors (Lipinski definition) is 4. The Balaban J connectivity index is 1.67. The SMILES string of the molecule is Cc1ccc(-n2cc(C(=O)NCC(C)(O)c3ccccc3)nn2)cc1. The Morgan fingerprint density at radius 3 is 2.52 bits per heavy atom. The first-order valence-electron chi connectivity index (χ1n) is 8.01. The third kappa shape index (κ3) is 3.92. The summed E-state index contributed by atoms with van der Waals surface area (Å²) in [7, 11) is 0. The van der Waals surface area contributed by atoms with Gasteiger partial charge >= 0.3 is 0 Å². The lowest BCUT2D eigenvalue weighted by molar-refractivity contribution is 0.0525. The van der Waals surface area contributed by atoms with Crippen molar-refractivity contribution < 1.29 is 9.90 Å². The maximum Gasteiger partial charge on any atom is 0.273 e. The van der Waals surface area contributed by atoms with Gasteiger partial charge in [-0.2, -0.15) is 0 Å². The zero-order chi connectivity index (χ0) is 17.9. The Morgan fingerprint density at radius 2 is 1.84 bits per heavy atom. The molecule has 2 N–H and O–H groups in total. The van der Waals surface area contributed by atoms with Gasteiger partial charge in [0.2, 0.25) is 0 Å². The van der Waals surface area contributed by atoms with Gasteiger partial charge in [-0.1, -0.05) is 53.2 Å². The normalized spacial score (nSPS) is 13.2. The summed E-state index contributed by atoms with van der Waals surface area (Å²) in [6, 6.07) is 17.0. The summed E-state index contributed by atoms with van der Waals surface area (Å²) in [4.78, 5) is 12.3. The quantitative estimate of drug-likeness (QED) is 0.749. The molecule has 0 radical (unpaired) electrons. The number of carbonyl (C=O) groups is 1. The van der Waals surface area contributed by atoms with Crippen LogP contribution in [0, 0.1) is 6.92 Å². The Kier molecular flexibility index (Phi) is 4.63. The monoisotopic (exact) mass is 336 g/mol. The van der Waals surface area contributed by atoms with Crippen LogP contribution >= 0.6 is 0 Å². The van der Waals surface area contributed by atoms with E-state index in [2.05, 4.69) is 15.6 Å². The fourth-order valence-electron chi connectivity index (χ4n) is 2.43. The second kappa shape index (κ2) is 6.86. The average Bonchev–Trinajstić information content (AvgIpc) is 3.11. The lowest BCUT2D eigenvalue weighted by Crippen LogP contribution is -2.38. The van der Waals surface area contributed by atoms with Crippen molar-refractivity contribution in [3.8, 4) is 5.69 Å². The molecule has 1 heterocycles. The van der Waals surface area contributed by atoms with Crippen LogP contribution in [0.15, 0.2) is 60.8 Å². The third-order valence-electron chi connectivity index (χ3n) is 4.01. The van der Waals surface area contributed by atoms with Gasteiger partial charge in [-0.15, -0.1) is 5.10 Å². The van der Waals surface area contributed by atoms with E-state index in [0.717, 1.165) is 16.8 Å². The molecule has 0 saturated carbocycles. The maximum atomic E-state index is 12.3. The summed E-state index contributed by atoms with van der Waals surface area (Å²) in [5, 5.41) is 21.1. The molecule has 0 bridgehead atoms. The maximum absolute atomic E-state index is 12.3. The van der Waals surface area contributed by atoms with Crippen LogP contribution in [0.5, 0.6) is 0 Å². The van der Waals surface area contributed by atoms with Crippen molar-refractivity contribution in [1.29, 1.82) is 0 Å². The first-order valence-corrected chi connectivity index (χ1v) is 8.01. The van der Waals surface area contributed by atoms with Crippen LogP contribution in [0.2, 0.25) is 0 Å². The van der Waals surface area contributed by atoms with E-state index in [1.54, 1.807) is 17.8 Å². The van der Waals surface area contributed by atoms with Crippen molar-refractivity contribution in [2.75, 3.05) is 6.54 Å².